The molecule has 6 nitrogen and oxygen atoms in total. The second kappa shape index (κ2) is 5.85. The Labute approximate surface area is 117 Å². The first kappa shape index (κ1) is 14.2. The van der Waals surface area contributed by atoms with Crippen molar-refractivity contribution in [1.82, 2.24) is 9.55 Å². The van der Waals surface area contributed by atoms with E-state index in [4.69, 9.17) is 5.11 Å². The number of aliphatic hydroxyl groups excluding tert-OH is 2. The normalized spacial score (nSPS) is 26.6. The van der Waals surface area contributed by atoms with Crippen LogP contribution < -0.4 is 11.2 Å². The van der Waals surface area contributed by atoms with Crippen molar-refractivity contribution < 1.29 is 10.2 Å². The van der Waals surface area contributed by atoms with Gasteiger partial charge in [0.25, 0.3) is 5.56 Å². The zero-order chi connectivity index (χ0) is 14.0. The molecule has 1 fully saturated rings. The number of aromatic amines is 1. The number of H-pyrrole nitrogens is 1. The number of hydrogen-bond donors (Lipinski definition) is 3. The van der Waals surface area contributed by atoms with Crippen molar-refractivity contribution in [1.29, 1.82) is 0 Å². The van der Waals surface area contributed by atoms with E-state index in [1.165, 1.54) is 15.7 Å². The Bertz CT molecular complexity index is 592. The van der Waals surface area contributed by atoms with Crippen LogP contribution in [-0.2, 0) is 0 Å². The third-order valence-corrected chi connectivity index (χ3v) is 3.95. The lowest BCUT2D eigenvalue weighted by Gasteiger charge is -2.43. The number of nitrogens with one attached hydrogen (secondary N) is 1. The first-order valence-electron chi connectivity index (χ1n) is 5.96. The molecule has 3 N–H and O–H groups in total. The average Bonchev–Trinajstić information content (AvgIpc) is 2.34. The van der Waals surface area contributed by atoms with Crippen LogP contribution in [0.4, 0.5) is 0 Å². The number of aliphatic hydroxyl groups is 2. The van der Waals surface area contributed by atoms with Gasteiger partial charge in [-0.2, -0.15) is 0 Å². The van der Waals surface area contributed by atoms with Crippen LogP contribution in [0, 0.1) is 11.8 Å². The highest BCUT2D eigenvalue weighted by Gasteiger charge is 2.41. The molecule has 1 aliphatic carbocycles. The molecule has 1 aliphatic rings. The smallest absolute Gasteiger partial charge is 0.328 e. The van der Waals surface area contributed by atoms with Gasteiger partial charge < -0.3 is 10.2 Å². The molecule has 1 saturated carbocycles. The fourth-order valence-electron chi connectivity index (χ4n) is 2.51. The van der Waals surface area contributed by atoms with Crippen LogP contribution in [0.15, 0.2) is 20.8 Å². The number of aromatic nitrogens is 2. The predicted octanol–water partition coefficient (Wildman–Crippen LogP) is 0.0640. The summed E-state index contributed by atoms with van der Waals surface area (Å²) in [5, 5.41) is 18.4. The molecule has 7 heteroatoms. The maximum Gasteiger partial charge on any atom is 0.328 e. The van der Waals surface area contributed by atoms with Crippen molar-refractivity contribution in [3.8, 4) is 0 Å². The molecule has 0 radical (unpaired) electrons. The second-order valence-corrected chi connectivity index (χ2v) is 5.16. The highest BCUT2D eigenvalue weighted by molar-refractivity contribution is 9.11. The maximum atomic E-state index is 11.8. The number of halogens is 1. The van der Waals surface area contributed by atoms with Gasteiger partial charge in [0.1, 0.15) is 0 Å². The Hall–Kier alpha value is -1.18. The third-order valence-electron chi connectivity index (χ3n) is 3.68. The van der Waals surface area contributed by atoms with Crippen LogP contribution in [0.2, 0.25) is 0 Å². The van der Waals surface area contributed by atoms with Crippen LogP contribution in [0.3, 0.4) is 0 Å². The molecule has 0 aliphatic heterocycles. The van der Waals surface area contributed by atoms with E-state index >= 15 is 0 Å². The van der Waals surface area contributed by atoms with Crippen molar-refractivity contribution in [2.24, 2.45) is 11.8 Å². The van der Waals surface area contributed by atoms with Gasteiger partial charge in [-0.15, -0.1) is 0 Å². The fourth-order valence-corrected chi connectivity index (χ4v) is 2.80. The summed E-state index contributed by atoms with van der Waals surface area (Å²) in [7, 11) is 0. The van der Waals surface area contributed by atoms with E-state index < -0.39 is 11.2 Å². The SMILES string of the molecule is O=c1[nH]c(=O)n(C2CC(CO)C2CO)cc1/C=C/Br. The van der Waals surface area contributed by atoms with Gasteiger partial charge in [0.2, 0.25) is 0 Å². The van der Waals surface area contributed by atoms with Gasteiger partial charge >= 0.3 is 5.69 Å². The highest BCUT2D eigenvalue weighted by atomic mass is 79.9. The molecule has 2 rings (SSSR count). The third kappa shape index (κ3) is 2.58. The largest absolute Gasteiger partial charge is 0.396 e. The topological polar surface area (TPSA) is 95.3 Å². The standard InChI is InChI=1S/C12H15BrN2O4/c13-2-1-7-4-15(12(19)14-11(7)18)10-3-8(5-16)9(10)6-17/h1-2,4,8-10,16-17H,3,5-6H2,(H,14,18,19)/b2-1+. The number of nitrogens with zero attached hydrogens (tertiary/aromatic N) is 1. The van der Waals surface area contributed by atoms with Gasteiger partial charge in [0.15, 0.2) is 0 Å². The number of hydrogen-bond acceptors (Lipinski definition) is 4. The minimum absolute atomic E-state index is 0.00370. The van der Waals surface area contributed by atoms with Gasteiger partial charge in [-0.1, -0.05) is 15.9 Å². The van der Waals surface area contributed by atoms with E-state index in [1.54, 1.807) is 6.08 Å². The predicted molar refractivity (Wildman–Crippen MR) is 74.1 cm³/mol. The summed E-state index contributed by atoms with van der Waals surface area (Å²) in [6.07, 6.45) is 3.65. The van der Waals surface area contributed by atoms with Crippen LogP contribution in [0.1, 0.15) is 18.0 Å². The van der Waals surface area contributed by atoms with Crippen LogP contribution >= 0.6 is 15.9 Å². The lowest BCUT2D eigenvalue weighted by molar-refractivity contribution is -0.00876. The fraction of sp³-hybridized carbons (Fsp3) is 0.500. The van der Waals surface area contributed by atoms with E-state index in [1.807, 2.05) is 0 Å². The lowest BCUT2D eigenvalue weighted by atomic mass is 9.70. The second-order valence-electron chi connectivity index (χ2n) is 4.64. The van der Waals surface area contributed by atoms with Gasteiger partial charge in [0, 0.05) is 31.4 Å². The monoisotopic (exact) mass is 330 g/mol. The van der Waals surface area contributed by atoms with Crippen molar-refractivity contribution >= 4 is 22.0 Å². The zero-order valence-corrected chi connectivity index (χ0v) is 11.7. The van der Waals surface area contributed by atoms with Gasteiger partial charge in [-0.3, -0.25) is 14.3 Å². The molecule has 0 amide bonds. The van der Waals surface area contributed by atoms with Gasteiger partial charge in [-0.05, 0) is 23.4 Å². The van der Waals surface area contributed by atoms with E-state index in [9.17, 15) is 14.7 Å². The van der Waals surface area contributed by atoms with Crippen molar-refractivity contribution in [3.63, 3.8) is 0 Å². The van der Waals surface area contributed by atoms with Crippen molar-refractivity contribution in [2.45, 2.75) is 12.5 Å². The van der Waals surface area contributed by atoms with Gasteiger partial charge in [-0.25, -0.2) is 4.79 Å². The zero-order valence-electron chi connectivity index (χ0n) is 10.1. The molecule has 1 aromatic heterocycles. The summed E-state index contributed by atoms with van der Waals surface area (Å²) in [5.41, 5.74) is -0.576. The van der Waals surface area contributed by atoms with Crippen molar-refractivity contribution in [3.05, 3.63) is 37.6 Å². The molecule has 19 heavy (non-hydrogen) atoms. The molecule has 1 aromatic rings. The molecule has 0 bridgehead atoms. The number of rotatable bonds is 4. The van der Waals surface area contributed by atoms with Crippen LogP contribution in [-0.4, -0.2) is 33.0 Å². The summed E-state index contributed by atoms with van der Waals surface area (Å²) >= 11 is 3.08. The van der Waals surface area contributed by atoms with E-state index in [-0.39, 0.29) is 31.1 Å². The maximum absolute atomic E-state index is 11.8. The van der Waals surface area contributed by atoms with Crippen molar-refractivity contribution in [2.75, 3.05) is 13.2 Å². The molecule has 1 heterocycles. The minimum atomic E-state index is -0.489. The van der Waals surface area contributed by atoms with E-state index in [0.29, 0.717) is 12.0 Å². The quantitative estimate of drug-likeness (QED) is 0.727. The molecule has 104 valence electrons. The Morgan fingerprint density at radius 3 is 2.74 bits per heavy atom. The Morgan fingerprint density at radius 2 is 2.16 bits per heavy atom. The first-order chi connectivity index (χ1) is 9.12. The molecule has 0 aromatic carbocycles. The summed E-state index contributed by atoms with van der Waals surface area (Å²) in [4.78, 5) is 27.2. The Balaban J connectivity index is 2.38. The van der Waals surface area contributed by atoms with Gasteiger partial charge in [0.05, 0.1) is 5.56 Å². The summed E-state index contributed by atoms with van der Waals surface area (Å²) in [5.74, 6) is -0.154. The molecule has 3 atom stereocenters. The van der Waals surface area contributed by atoms with Crippen LogP contribution in [0.25, 0.3) is 6.08 Å². The molecular weight excluding hydrogens is 316 g/mol. The summed E-state index contributed by atoms with van der Waals surface area (Å²) < 4.78 is 1.43. The molecule has 0 saturated heterocycles. The molecule has 0 spiro atoms. The average molecular weight is 331 g/mol. The minimum Gasteiger partial charge on any atom is -0.396 e. The Kier molecular flexibility index (Phi) is 4.38. The summed E-state index contributed by atoms with van der Waals surface area (Å²) in [6.45, 7) is -0.0981. The van der Waals surface area contributed by atoms with Crippen LogP contribution in [0.5, 0.6) is 0 Å². The summed E-state index contributed by atoms with van der Waals surface area (Å²) in [6, 6.07) is -0.186. The lowest BCUT2D eigenvalue weighted by Crippen LogP contribution is -2.47. The van der Waals surface area contributed by atoms with E-state index in [0.717, 1.165) is 0 Å². The highest BCUT2D eigenvalue weighted by Crippen LogP contribution is 2.42. The first-order valence-corrected chi connectivity index (χ1v) is 6.87. The van der Waals surface area contributed by atoms with E-state index in [2.05, 4.69) is 20.9 Å². The molecular formula is C12H15BrN2O4. The molecule has 3 unspecified atom stereocenters. The Morgan fingerprint density at radius 1 is 1.42 bits per heavy atom.